The third-order valence-corrected chi connectivity index (χ3v) is 4.99. The van der Waals surface area contributed by atoms with Crippen molar-refractivity contribution in [1.29, 1.82) is 0 Å². The number of fused-ring (bicyclic) bond motifs is 1. The minimum absolute atomic E-state index is 0.788. The maximum atomic E-state index is 2.70. The summed E-state index contributed by atoms with van der Waals surface area (Å²) in [4.78, 5) is 0. The van der Waals surface area contributed by atoms with Gasteiger partial charge in [-0.3, -0.25) is 0 Å². The predicted octanol–water partition coefficient (Wildman–Crippen LogP) is 3.14. The summed E-state index contributed by atoms with van der Waals surface area (Å²) in [5.74, 6) is 1.12. The summed E-state index contributed by atoms with van der Waals surface area (Å²) in [5, 5.41) is 0. The molecule has 2 aliphatic rings. The molecule has 0 N–H and O–H groups in total. The van der Waals surface area contributed by atoms with Gasteiger partial charge in [0.15, 0.2) is 0 Å². The molecule has 0 heterocycles. The summed E-state index contributed by atoms with van der Waals surface area (Å²) in [6.45, 7) is 0. The van der Waals surface area contributed by atoms with Gasteiger partial charge < -0.3 is 0 Å². The lowest BCUT2D eigenvalue weighted by Gasteiger charge is -2.49. The Morgan fingerprint density at radius 1 is 1.11 bits per heavy atom. The lowest BCUT2D eigenvalue weighted by atomic mass is 9.65. The van der Waals surface area contributed by atoms with Crippen molar-refractivity contribution in [3.63, 3.8) is 0 Å². The van der Waals surface area contributed by atoms with E-state index in [1.54, 1.807) is 0 Å². The number of rotatable bonds is 0. The zero-order chi connectivity index (χ0) is 6.32. The zero-order valence-electron chi connectivity index (χ0n) is 5.70. The average Bonchev–Trinajstić information content (AvgIpc) is 1.82. The molecule has 2 aliphatic carbocycles. The topological polar surface area (TPSA) is 0 Å². The molecular weight excluding hydrogens is 223 g/mol. The molecule has 52 valence electrons. The molecule has 9 heavy (non-hydrogen) atoms. The van der Waals surface area contributed by atoms with Crippen molar-refractivity contribution in [2.75, 3.05) is 0 Å². The second kappa shape index (κ2) is 2.11. The highest BCUT2D eigenvalue weighted by atomic mass is 127. The van der Waals surface area contributed by atoms with Crippen molar-refractivity contribution in [2.24, 2.45) is 5.92 Å². The Kier molecular flexibility index (Phi) is 1.51. The van der Waals surface area contributed by atoms with E-state index in [1.807, 2.05) is 0 Å². The molecule has 2 fully saturated rings. The highest BCUT2D eigenvalue weighted by Gasteiger charge is 2.45. The van der Waals surface area contributed by atoms with Crippen molar-refractivity contribution in [3.8, 4) is 0 Å². The molecule has 2 saturated carbocycles. The van der Waals surface area contributed by atoms with Gasteiger partial charge in [0.2, 0.25) is 0 Å². The van der Waals surface area contributed by atoms with Crippen LogP contribution in [-0.4, -0.2) is 3.42 Å². The van der Waals surface area contributed by atoms with Crippen LogP contribution in [0.15, 0.2) is 0 Å². The molecule has 0 aliphatic heterocycles. The van der Waals surface area contributed by atoms with Gasteiger partial charge in [-0.1, -0.05) is 35.4 Å². The first-order valence-corrected chi connectivity index (χ1v) is 5.08. The molecule has 2 unspecified atom stereocenters. The molecule has 0 radical (unpaired) electrons. The van der Waals surface area contributed by atoms with E-state index >= 15 is 0 Å². The lowest BCUT2D eigenvalue weighted by Crippen LogP contribution is -2.43. The van der Waals surface area contributed by atoms with Gasteiger partial charge in [0.25, 0.3) is 0 Å². The third kappa shape index (κ3) is 0.920. The van der Waals surface area contributed by atoms with Crippen LogP contribution in [-0.2, 0) is 0 Å². The maximum absolute atomic E-state index is 2.70. The standard InChI is InChI=1S/C8H13I/c9-8-5-2-1-3-7(8)4-6-8/h7H,1-6H2. The number of alkyl halides is 1. The Bertz CT molecular complexity index is 122. The summed E-state index contributed by atoms with van der Waals surface area (Å²) in [7, 11) is 0. The summed E-state index contributed by atoms with van der Waals surface area (Å²) in [6.07, 6.45) is 9.09. The Morgan fingerprint density at radius 3 is 2.33 bits per heavy atom. The molecule has 0 spiro atoms. The normalized spacial score (nSPS) is 49.7. The van der Waals surface area contributed by atoms with Gasteiger partial charge in [-0.05, 0) is 31.6 Å². The summed E-state index contributed by atoms with van der Waals surface area (Å²) < 4.78 is 0.788. The number of halogens is 1. The molecule has 0 nitrogen and oxygen atoms in total. The second-order valence-corrected chi connectivity index (χ2v) is 5.66. The third-order valence-electron chi connectivity index (χ3n) is 3.04. The minimum Gasteiger partial charge on any atom is -0.0786 e. The fourth-order valence-electron chi connectivity index (χ4n) is 2.20. The van der Waals surface area contributed by atoms with Crippen LogP contribution in [0.1, 0.15) is 38.5 Å². The van der Waals surface area contributed by atoms with Crippen molar-refractivity contribution in [2.45, 2.75) is 41.9 Å². The Morgan fingerprint density at radius 2 is 2.00 bits per heavy atom. The van der Waals surface area contributed by atoms with Gasteiger partial charge >= 0.3 is 0 Å². The summed E-state index contributed by atoms with van der Waals surface area (Å²) >= 11 is 2.70. The Balaban J connectivity index is 2.05. The number of hydrogen-bond donors (Lipinski definition) is 0. The van der Waals surface area contributed by atoms with E-state index < -0.39 is 0 Å². The van der Waals surface area contributed by atoms with Crippen LogP contribution in [0.5, 0.6) is 0 Å². The largest absolute Gasteiger partial charge is 0.0786 e. The molecule has 0 aromatic heterocycles. The van der Waals surface area contributed by atoms with Crippen molar-refractivity contribution >= 4 is 22.6 Å². The highest BCUT2D eigenvalue weighted by Crippen LogP contribution is 2.54. The fraction of sp³-hybridized carbons (Fsp3) is 1.00. The smallest absolute Gasteiger partial charge is 0.0250 e. The minimum atomic E-state index is 0.788. The van der Waals surface area contributed by atoms with Crippen molar-refractivity contribution in [3.05, 3.63) is 0 Å². The van der Waals surface area contributed by atoms with Crippen LogP contribution in [0.25, 0.3) is 0 Å². The van der Waals surface area contributed by atoms with E-state index in [9.17, 15) is 0 Å². The second-order valence-electron chi connectivity index (χ2n) is 3.52. The van der Waals surface area contributed by atoms with Crippen molar-refractivity contribution in [1.82, 2.24) is 0 Å². The summed E-state index contributed by atoms with van der Waals surface area (Å²) in [6, 6.07) is 0. The van der Waals surface area contributed by atoms with Gasteiger partial charge in [-0.15, -0.1) is 0 Å². The zero-order valence-corrected chi connectivity index (χ0v) is 7.86. The molecule has 0 aromatic carbocycles. The Hall–Kier alpha value is 0.730. The van der Waals surface area contributed by atoms with Crippen LogP contribution in [0.4, 0.5) is 0 Å². The average molecular weight is 236 g/mol. The van der Waals surface area contributed by atoms with Crippen LogP contribution in [0.2, 0.25) is 0 Å². The van der Waals surface area contributed by atoms with Gasteiger partial charge in [-0.25, -0.2) is 0 Å². The van der Waals surface area contributed by atoms with Crippen molar-refractivity contribution < 1.29 is 0 Å². The van der Waals surface area contributed by atoms with Gasteiger partial charge in [0.05, 0.1) is 0 Å². The SMILES string of the molecule is IC12CCCCC1CC2. The molecule has 2 atom stereocenters. The van der Waals surface area contributed by atoms with Gasteiger partial charge in [0.1, 0.15) is 0 Å². The molecular formula is C8H13I. The predicted molar refractivity (Wildman–Crippen MR) is 47.9 cm³/mol. The first-order valence-electron chi connectivity index (χ1n) is 4.00. The summed E-state index contributed by atoms with van der Waals surface area (Å²) in [5.41, 5.74) is 0. The monoisotopic (exact) mass is 236 g/mol. The van der Waals surface area contributed by atoms with E-state index in [2.05, 4.69) is 22.6 Å². The van der Waals surface area contributed by atoms with Crippen LogP contribution in [0, 0.1) is 5.92 Å². The van der Waals surface area contributed by atoms with Gasteiger partial charge in [-0.2, -0.15) is 0 Å². The molecule has 0 aromatic rings. The Labute approximate surface area is 70.5 Å². The highest BCUT2D eigenvalue weighted by molar-refractivity contribution is 14.1. The van der Waals surface area contributed by atoms with E-state index in [-0.39, 0.29) is 0 Å². The quantitative estimate of drug-likeness (QED) is 0.447. The fourth-order valence-corrected chi connectivity index (χ4v) is 3.52. The van der Waals surface area contributed by atoms with Gasteiger partial charge in [0, 0.05) is 3.42 Å². The molecule has 2 rings (SSSR count). The molecule has 0 amide bonds. The van der Waals surface area contributed by atoms with Crippen LogP contribution < -0.4 is 0 Å². The van der Waals surface area contributed by atoms with Crippen LogP contribution >= 0.6 is 22.6 Å². The van der Waals surface area contributed by atoms with E-state index in [0.717, 1.165) is 9.34 Å². The van der Waals surface area contributed by atoms with E-state index in [4.69, 9.17) is 0 Å². The molecule has 0 saturated heterocycles. The lowest BCUT2D eigenvalue weighted by molar-refractivity contribution is 0.166. The molecule has 1 heteroatoms. The van der Waals surface area contributed by atoms with E-state index in [1.165, 1.54) is 38.5 Å². The first-order chi connectivity index (χ1) is 4.31. The van der Waals surface area contributed by atoms with Crippen LogP contribution in [0.3, 0.4) is 0 Å². The maximum Gasteiger partial charge on any atom is 0.0250 e. The first kappa shape index (κ1) is 6.44. The number of hydrogen-bond acceptors (Lipinski definition) is 0. The van der Waals surface area contributed by atoms with E-state index in [0.29, 0.717) is 0 Å². The molecule has 0 bridgehead atoms.